The lowest BCUT2D eigenvalue weighted by Crippen LogP contribution is -2.32. The predicted octanol–water partition coefficient (Wildman–Crippen LogP) is 5.27. The van der Waals surface area contributed by atoms with E-state index in [4.69, 9.17) is 0 Å². The third-order valence-electron chi connectivity index (χ3n) is 4.57. The molecule has 0 saturated heterocycles. The zero-order chi connectivity index (χ0) is 16.6. The lowest BCUT2D eigenvalue weighted by molar-refractivity contribution is -0.697. The molecule has 1 aromatic carbocycles. The van der Waals surface area contributed by atoms with Crippen molar-refractivity contribution >= 4 is 11.0 Å². The van der Waals surface area contributed by atoms with Crippen LogP contribution in [0.4, 0.5) is 0 Å². The van der Waals surface area contributed by atoms with Gasteiger partial charge in [-0.15, -0.1) is 0 Å². The highest BCUT2D eigenvalue weighted by molar-refractivity contribution is 5.78. The predicted molar refractivity (Wildman–Crippen MR) is 99.7 cm³/mol. The number of imidazole rings is 1. The summed E-state index contributed by atoms with van der Waals surface area (Å²) in [5.74, 6) is 0.944. The fraction of sp³-hybridized carbons (Fsp3) is 0.429. The topological polar surface area (TPSA) is 32.6 Å². The van der Waals surface area contributed by atoms with E-state index in [0.29, 0.717) is 0 Å². The molecule has 1 N–H and O–H groups in total. The fourth-order valence-electron chi connectivity index (χ4n) is 3.11. The second kappa shape index (κ2) is 8.62. The maximum absolute atomic E-state index is 4.66. The van der Waals surface area contributed by atoms with E-state index in [1.807, 2.05) is 18.2 Å². The zero-order valence-electron chi connectivity index (χ0n) is 14.7. The first kappa shape index (κ1) is 16.7. The molecule has 3 rings (SSSR count). The van der Waals surface area contributed by atoms with Gasteiger partial charge in [0.2, 0.25) is 0 Å². The van der Waals surface area contributed by atoms with Crippen LogP contribution in [0.2, 0.25) is 0 Å². The molecular formula is C21H28N3+. The Hall–Kier alpha value is -2.16. The lowest BCUT2D eigenvalue weighted by Gasteiger charge is -2.00. The molecule has 3 aromatic rings. The van der Waals surface area contributed by atoms with Crippen LogP contribution in [0.1, 0.15) is 51.9 Å². The number of aromatic nitrogens is 3. The molecule has 0 spiro atoms. The fourth-order valence-corrected chi connectivity index (χ4v) is 3.11. The van der Waals surface area contributed by atoms with Crippen molar-refractivity contribution < 1.29 is 4.57 Å². The van der Waals surface area contributed by atoms with Gasteiger partial charge in [-0.3, -0.25) is 0 Å². The molecule has 0 radical (unpaired) electrons. The average molecular weight is 322 g/mol. The SMILES string of the molecule is CCCCCCCCC[n+]1ccc(-c2nc3ccccc3[nH]2)cc1. The first-order valence-corrected chi connectivity index (χ1v) is 9.31. The van der Waals surface area contributed by atoms with Crippen LogP contribution in [0.15, 0.2) is 48.8 Å². The monoisotopic (exact) mass is 322 g/mol. The number of rotatable bonds is 9. The van der Waals surface area contributed by atoms with Crippen LogP contribution in [0.3, 0.4) is 0 Å². The standard InChI is InChI=1S/C21H27N3/c1-2-3-4-5-6-7-10-15-24-16-13-18(14-17-24)21-22-19-11-8-9-12-20(19)23-21/h8-9,11-14,16-17H,2-7,10,15H2,1H3/p+1. The normalized spacial score (nSPS) is 11.2. The van der Waals surface area contributed by atoms with Gasteiger partial charge in [-0.05, 0) is 18.6 Å². The van der Waals surface area contributed by atoms with Crippen LogP contribution >= 0.6 is 0 Å². The largest absolute Gasteiger partial charge is 0.338 e. The van der Waals surface area contributed by atoms with E-state index in [0.717, 1.165) is 29.0 Å². The maximum atomic E-state index is 4.66. The number of nitrogens with one attached hydrogen (secondary N) is 1. The third-order valence-corrected chi connectivity index (χ3v) is 4.57. The second-order valence-electron chi connectivity index (χ2n) is 6.55. The molecular weight excluding hydrogens is 294 g/mol. The summed E-state index contributed by atoms with van der Waals surface area (Å²) in [7, 11) is 0. The number of hydrogen-bond donors (Lipinski definition) is 1. The van der Waals surface area contributed by atoms with Crippen molar-refractivity contribution in [3.63, 3.8) is 0 Å². The highest BCUT2D eigenvalue weighted by atomic mass is 14.9. The van der Waals surface area contributed by atoms with Gasteiger partial charge in [0.25, 0.3) is 0 Å². The highest BCUT2D eigenvalue weighted by Crippen LogP contribution is 2.19. The molecule has 126 valence electrons. The number of nitrogens with zero attached hydrogens (tertiary/aromatic N) is 2. The summed E-state index contributed by atoms with van der Waals surface area (Å²) >= 11 is 0. The number of pyridine rings is 1. The summed E-state index contributed by atoms with van der Waals surface area (Å²) in [6, 6.07) is 12.5. The molecule has 3 heteroatoms. The molecule has 3 nitrogen and oxygen atoms in total. The second-order valence-corrected chi connectivity index (χ2v) is 6.55. The van der Waals surface area contributed by atoms with E-state index in [1.165, 1.54) is 44.9 Å². The molecule has 0 aliphatic heterocycles. The first-order chi connectivity index (χ1) is 11.9. The maximum Gasteiger partial charge on any atom is 0.169 e. The Labute approximate surface area is 144 Å². The molecule has 24 heavy (non-hydrogen) atoms. The summed E-state index contributed by atoms with van der Waals surface area (Å²) in [5.41, 5.74) is 3.25. The summed E-state index contributed by atoms with van der Waals surface area (Å²) in [5, 5.41) is 0. The summed E-state index contributed by atoms with van der Waals surface area (Å²) in [6.45, 7) is 3.37. The van der Waals surface area contributed by atoms with Crippen LogP contribution in [0.25, 0.3) is 22.4 Å². The Morgan fingerprint density at radius 2 is 1.58 bits per heavy atom. The summed E-state index contributed by atoms with van der Waals surface area (Å²) in [6.07, 6.45) is 13.8. The van der Waals surface area contributed by atoms with Crippen molar-refractivity contribution in [2.24, 2.45) is 0 Å². The van der Waals surface area contributed by atoms with E-state index in [2.05, 4.69) is 52.1 Å². The van der Waals surface area contributed by atoms with Crippen molar-refractivity contribution in [3.05, 3.63) is 48.8 Å². The van der Waals surface area contributed by atoms with Gasteiger partial charge in [0.1, 0.15) is 12.4 Å². The van der Waals surface area contributed by atoms with Crippen molar-refractivity contribution in [1.82, 2.24) is 9.97 Å². The van der Waals surface area contributed by atoms with Gasteiger partial charge in [-0.2, -0.15) is 0 Å². The quantitative estimate of drug-likeness (QED) is 0.422. The van der Waals surface area contributed by atoms with Crippen LogP contribution < -0.4 is 4.57 Å². The van der Waals surface area contributed by atoms with E-state index in [9.17, 15) is 0 Å². The van der Waals surface area contributed by atoms with Gasteiger partial charge < -0.3 is 4.98 Å². The molecule has 2 heterocycles. The van der Waals surface area contributed by atoms with Gasteiger partial charge in [0.15, 0.2) is 12.4 Å². The van der Waals surface area contributed by atoms with Crippen molar-refractivity contribution in [2.45, 2.75) is 58.4 Å². The van der Waals surface area contributed by atoms with Gasteiger partial charge in [-0.25, -0.2) is 9.55 Å². The molecule has 0 saturated carbocycles. The van der Waals surface area contributed by atoms with E-state index in [-0.39, 0.29) is 0 Å². The highest BCUT2D eigenvalue weighted by Gasteiger charge is 2.07. The molecule has 0 aliphatic carbocycles. The number of H-pyrrole nitrogens is 1. The molecule has 0 aliphatic rings. The first-order valence-electron chi connectivity index (χ1n) is 9.31. The van der Waals surface area contributed by atoms with Crippen molar-refractivity contribution in [2.75, 3.05) is 0 Å². The van der Waals surface area contributed by atoms with E-state index in [1.54, 1.807) is 0 Å². The minimum atomic E-state index is 0.944. The molecule has 0 unspecified atom stereocenters. The Kier molecular flexibility index (Phi) is 6.00. The van der Waals surface area contributed by atoms with E-state index < -0.39 is 0 Å². The van der Waals surface area contributed by atoms with Crippen LogP contribution in [0.5, 0.6) is 0 Å². The number of fused-ring (bicyclic) bond motifs is 1. The Bertz CT molecular complexity index is 710. The Morgan fingerprint density at radius 3 is 2.33 bits per heavy atom. The van der Waals surface area contributed by atoms with Crippen LogP contribution in [-0.4, -0.2) is 9.97 Å². The Morgan fingerprint density at radius 1 is 0.875 bits per heavy atom. The number of unbranched alkanes of at least 4 members (excludes halogenated alkanes) is 6. The Balaban J connectivity index is 1.50. The molecule has 0 atom stereocenters. The number of benzene rings is 1. The van der Waals surface area contributed by atoms with Gasteiger partial charge >= 0.3 is 0 Å². The van der Waals surface area contributed by atoms with Gasteiger partial charge in [0.05, 0.1) is 11.0 Å². The third kappa shape index (κ3) is 4.44. The molecule has 0 fully saturated rings. The number of para-hydroxylation sites is 2. The van der Waals surface area contributed by atoms with Crippen LogP contribution in [-0.2, 0) is 6.54 Å². The molecule has 0 bridgehead atoms. The zero-order valence-corrected chi connectivity index (χ0v) is 14.7. The van der Waals surface area contributed by atoms with Gasteiger partial charge in [-0.1, -0.05) is 51.2 Å². The summed E-state index contributed by atoms with van der Waals surface area (Å²) < 4.78 is 2.28. The average Bonchev–Trinajstić information content (AvgIpc) is 3.05. The van der Waals surface area contributed by atoms with Crippen LogP contribution in [0, 0.1) is 0 Å². The minimum absolute atomic E-state index is 0.944. The van der Waals surface area contributed by atoms with Crippen molar-refractivity contribution in [1.29, 1.82) is 0 Å². The smallest absolute Gasteiger partial charge is 0.169 e. The molecule has 2 aromatic heterocycles. The number of aryl methyl sites for hydroxylation is 1. The van der Waals surface area contributed by atoms with E-state index >= 15 is 0 Å². The lowest BCUT2D eigenvalue weighted by atomic mass is 10.1. The van der Waals surface area contributed by atoms with Crippen molar-refractivity contribution in [3.8, 4) is 11.4 Å². The number of hydrogen-bond acceptors (Lipinski definition) is 1. The molecule has 0 amide bonds. The number of aromatic amines is 1. The van der Waals surface area contributed by atoms with Gasteiger partial charge in [0, 0.05) is 24.1 Å². The summed E-state index contributed by atoms with van der Waals surface area (Å²) in [4.78, 5) is 8.05. The minimum Gasteiger partial charge on any atom is -0.338 e.